The van der Waals surface area contributed by atoms with Crippen molar-refractivity contribution < 1.29 is 13.9 Å². The highest BCUT2D eigenvalue weighted by molar-refractivity contribution is 5.78. The van der Waals surface area contributed by atoms with Gasteiger partial charge in [-0.15, -0.1) is 0 Å². The van der Waals surface area contributed by atoms with E-state index in [1.54, 1.807) is 6.07 Å². The van der Waals surface area contributed by atoms with Gasteiger partial charge in [0.2, 0.25) is 5.91 Å². The largest absolute Gasteiger partial charge is 0.370 e. The van der Waals surface area contributed by atoms with Crippen molar-refractivity contribution in [3.63, 3.8) is 0 Å². The lowest BCUT2D eigenvalue weighted by Gasteiger charge is -2.26. The van der Waals surface area contributed by atoms with Gasteiger partial charge in [0.25, 0.3) is 0 Å². The quantitative estimate of drug-likeness (QED) is 0.663. The Morgan fingerprint density at radius 3 is 2.77 bits per heavy atom. The first-order chi connectivity index (χ1) is 14.3. The summed E-state index contributed by atoms with van der Waals surface area (Å²) in [6.07, 6.45) is 1.92. The van der Waals surface area contributed by atoms with Crippen LogP contribution in [0.5, 0.6) is 0 Å². The molecule has 30 heavy (non-hydrogen) atoms. The fourth-order valence-electron chi connectivity index (χ4n) is 3.85. The minimum Gasteiger partial charge on any atom is -0.370 e. The van der Waals surface area contributed by atoms with Crippen LogP contribution in [0.25, 0.3) is 0 Å². The van der Waals surface area contributed by atoms with Crippen molar-refractivity contribution in [2.45, 2.75) is 53.5 Å². The summed E-state index contributed by atoms with van der Waals surface area (Å²) in [7, 11) is 0. The molecule has 0 spiro atoms. The topological polar surface area (TPSA) is 50.6 Å². The van der Waals surface area contributed by atoms with E-state index in [2.05, 4.69) is 37.0 Å². The Hall–Kier alpha value is -2.25. The average molecular weight is 417 g/mol. The van der Waals surface area contributed by atoms with Crippen molar-refractivity contribution in [2.24, 2.45) is 5.92 Å². The number of carbonyl (C=O) groups is 1. The van der Waals surface area contributed by atoms with Crippen LogP contribution in [0.4, 0.5) is 4.39 Å². The van der Waals surface area contributed by atoms with Crippen LogP contribution in [0, 0.1) is 18.7 Å². The lowest BCUT2D eigenvalue weighted by molar-refractivity contribution is -0.132. The highest BCUT2D eigenvalue weighted by Crippen LogP contribution is 2.17. The smallest absolute Gasteiger partial charge is 0.236 e. The Morgan fingerprint density at radius 1 is 1.30 bits per heavy atom. The van der Waals surface area contributed by atoms with Crippen LogP contribution >= 0.6 is 0 Å². The molecular weight excluding hydrogens is 383 g/mol. The summed E-state index contributed by atoms with van der Waals surface area (Å²) < 4.78 is 21.6. The first-order valence-corrected chi connectivity index (χ1v) is 10.7. The van der Waals surface area contributed by atoms with Gasteiger partial charge in [0.15, 0.2) is 0 Å². The molecule has 2 heterocycles. The van der Waals surface area contributed by atoms with Gasteiger partial charge in [0, 0.05) is 44.5 Å². The number of nitrogens with zero attached hydrogens (tertiary/aromatic N) is 4. The van der Waals surface area contributed by atoms with Crippen LogP contribution in [0.2, 0.25) is 0 Å². The molecule has 0 saturated carbocycles. The van der Waals surface area contributed by atoms with Gasteiger partial charge in [0.1, 0.15) is 5.82 Å². The van der Waals surface area contributed by atoms with Crippen LogP contribution < -0.4 is 0 Å². The minimum atomic E-state index is -0.265. The van der Waals surface area contributed by atoms with E-state index in [1.807, 2.05) is 22.6 Å². The van der Waals surface area contributed by atoms with Crippen molar-refractivity contribution in [1.82, 2.24) is 19.6 Å². The van der Waals surface area contributed by atoms with E-state index in [0.29, 0.717) is 45.2 Å². The molecule has 1 atom stereocenters. The molecular formula is C23H33FN4O2. The second kappa shape index (κ2) is 10.2. The Balaban J connectivity index is 1.73. The maximum Gasteiger partial charge on any atom is 0.236 e. The molecule has 1 amide bonds. The van der Waals surface area contributed by atoms with Crippen molar-refractivity contribution in [2.75, 3.05) is 26.2 Å². The molecule has 1 aromatic heterocycles. The van der Waals surface area contributed by atoms with E-state index in [-0.39, 0.29) is 17.8 Å². The number of amides is 1. The van der Waals surface area contributed by atoms with Crippen molar-refractivity contribution in [3.8, 4) is 0 Å². The predicted octanol–water partition coefficient (Wildman–Crippen LogP) is 3.24. The third kappa shape index (κ3) is 6.12. The summed E-state index contributed by atoms with van der Waals surface area (Å²) in [5.41, 5.74) is 2.92. The molecule has 1 aromatic carbocycles. The number of hydrogen-bond acceptors (Lipinski definition) is 4. The Morgan fingerprint density at radius 2 is 2.10 bits per heavy atom. The number of aromatic nitrogens is 2. The first-order valence-electron chi connectivity index (χ1n) is 10.7. The molecule has 3 rings (SSSR count). The summed E-state index contributed by atoms with van der Waals surface area (Å²) in [6.45, 7) is 12.4. The van der Waals surface area contributed by atoms with Gasteiger partial charge >= 0.3 is 0 Å². The highest BCUT2D eigenvalue weighted by Gasteiger charge is 2.29. The lowest BCUT2D eigenvalue weighted by Crippen LogP contribution is -2.40. The van der Waals surface area contributed by atoms with E-state index in [9.17, 15) is 9.18 Å². The molecule has 0 bridgehead atoms. The number of hydrogen-bond donors (Lipinski definition) is 0. The monoisotopic (exact) mass is 416 g/mol. The predicted molar refractivity (Wildman–Crippen MR) is 114 cm³/mol. The number of halogens is 1. The summed E-state index contributed by atoms with van der Waals surface area (Å²) in [5.74, 6) is 0.245. The zero-order valence-corrected chi connectivity index (χ0v) is 18.5. The zero-order chi connectivity index (χ0) is 21.7. The number of rotatable bonds is 8. The maximum atomic E-state index is 13.5. The lowest BCUT2D eigenvalue weighted by atomic mass is 10.2. The number of ether oxygens (including phenoxy) is 1. The molecule has 2 aromatic rings. The number of aryl methyl sites for hydroxylation is 2. The van der Waals surface area contributed by atoms with Gasteiger partial charge in [-0.1, -0.05) is 26.0 Å². The fraction of sp³-hybridized carbons (Fsp3) is 0.565. The SMILES string of the molecule is CCn1cc(CN2CC(=O)N(CC(C)C)CC(OCc3cccc(F)c3)C2)c(C)n1. The molecule has 1 aliphatic heterocycles. The van der Waals surface area contributed by atoms with Crippen LogP contribution in [0.15, 0.2) is 30.5 Å². The minimum absolute atomic E-state index is 0.126. The van der Waals surface area contributed by atoms with E-state index in [4.69, 9.17) is 4.74 Å². The van der Waals surface area contributed by atoms with E-state index >= 15 is 0 Å². The van der Waals surface area contributed by atoms with E-state index in [1.165, 1.54) is 12.1 Å². The third-order valence-corrected chi connectivity index (χ3v) is 5.32. The van der Waals surface area contributed by atoms with Crippen LogP contribution in [0.1, 0.15) is 37.6 Å². The van der Waals surface area contributed by atoms with Crippen LogP contribution in [0.3, 0.4) is 0 Å². The van der Waals surface area contributed by atoms with Crippen molar-refractivity contribution >= 4 is 5.91 Å². The number of benzene rings is 1. The second-order valence-corrected chi connectivity index (χ2v) is 8.52. The summed E-state index contributed by atoms with van der Waals surface area (Å²) in [5, 5.41) is 4.52. The van der Waals surface area contributed by atoms with Gasteiger partial charge in [0.05, 0.1) is 24.9 Å². The van der Waals surface area contributed by atoms with Crippen LogP contribution in [-0.2, 0) is 29.2 Å². The molecule has 164 valence electrons. The van der Waals surface area contributed by atoms with Gasteiger partial charge in [-0.3, -0.25) is 14.4 Å². The van der Waals surface area contributed by atoms with Crippen LogP contribution in [-0.4, -0.2) is 57.8 Å². The molecule has 0 aliphatic carbocycles. The Kier molecular flexibility index (Phi) is 7.61. The maximum absolute atomic E-state index is 13.5. The fourth-order valence-corrected chi connectivity index (χ4v) is 3.85. The molecule has 1 fully saturated rings. The van der Waals surface area contributed by atoms with Crippen molar-refractivity contribution in [3.05, 3.63) is 53.1 Å². The molecule has 1 saturated heterocycles. The third-order valence-electron chi connectivity index (χ3n) is 5.32. The highest BCUT2D eigenvalue weighted by atomic mass is 19.1. The first kappa shape index (κ1) is 22.4. The van der Waals surface area contributed by atoms with Gasteiger partial charge < -0.3 is 9.64 Å². The zero-order valence-electron chi connectivity index (χ0n) is 18.5. The molecule has 1 aliphatic rings. The van der Waals surface area contributed by atoms with Gasteiger partial charge in [-0.05, 0) is 37.5 Å². The Labute approximate surface area is 178 Å². The van der Waals surface area contributed by atoms with Crippen molar-refractivity contribution in [1.29, 1.82) is 0 Å². The average Bonchev–Trinajstić information content (AvgIpc) is 2.97. The summed E-state index contributed by atoms with van der Waals surface area (Å²) in [6, 6.07) is 6.47. The molecule has 1 unspecified atom stereocenters. The van der Waals surface area contributed by atoms with E-state index < -0.39 is 0 Å². The summed E-state index contributed by atoms with van der Waals surface area (Å²) in [4.78, 5) is 17.0. The molecule has 7 heteroatoms. The van der Waals surface area contributed by atoms with Gasteiger partial charge in [-0.25, -0.2) is 4.39 Å². The van der Waals surface area contributed by atoms with Gasteiger partial charge in [-0.2, -0.15) is 5.10 Å². The molecule has 6 nitrogen and oxygen atoms in total. The number of carbonyl (C=O) groups excluding carboxylic acids is 1. The normalized spacial score (nSPS) is 18.3. The standard InChI is InChI=1S/C23H33FN4O2/c1-5-28-12-20(18(4)25-28)11-26-13-22(14-27(10-17(2)3)23(29)15-26)30-16-19-7-6-8-21(24)9-19/h6-9,12,17,22H,5,10-11,13-16H2,1-4H3. The summed E-state index contributed by atoms with van der Waals surface area (Å²) >= 11 is 0. The molecule has 0 radical (unpaired) electrons. The Bertz CT molecular complexity index is 851. The molecule has 0 N–H and O–H groups in total. The van der Waals surface area contributed by atoms with E-state index in [0.717, 1.165) is 23.4 Å². The second-order valence-electron chi connectivity index (χ2n) is 8.52.